The number of hydrogen-bond donors (Lipinski definition) is 2. The van der Waals surface area contributed by atoms with E-state index in [9.17, 15) is 19.8 Å². The number of epoxide rings is 2. The minimum absolute atomic E-state index is 0. The van der Waals surface area contributed by atoms with Crippen LogP contribution in [0.5, 0.6) is 17.2 Å². The van der Waals surface area contributed by atoms with Crippen LogP contribution in [0.4, 0.5) is 9.59 Å². The number of phenolic OH excluding ortho intramolecular Hbond substituents is 2. The number of urea groups is 2. The van der Waals surface area contributed by atoms with Crippen molar-refractivity contribution in [2.24, 2.45) is 0 Å². The first kappa shape index (κ1) is 58.8. The molecule has 4 saturated heterocycles. The largest absolute Gasteiger partial charge is 0.508 e. The predicted octanol–water partition coefficient (Wildman–Crippen LogP) is 9.93. The van der Waals surface area contributed by atoms with Crippen LogP contribution in [-0.4, -0.2) is 127 Å². The number of rotatable bonds is 19. The van der Waals surface area contributed by atoms with Crippen LogP contribution in [0.1, 0.15) is 77.8 Å². The first-order valence-corrected chi connectivity index (χ1v) is 23.7. The molecule has 1 radical (unpaired) electrons. The Kier molecular flexibility index (Phi) is 21.7. The van der Waals surface area contributed by atoms with E-state index in [2.05, 4.69) is 79.0 Å². The normalized spacial score (nSPS) is 18.6. The Hall–Kier alpha value is -4.80. The summed E-state index contributed by atoms with van der Waals surface area (Å²) < 4.78 is 32.2. The van der Waals surface area contributed by atoms with Crippen molar-refractivity contribution in [3.8, 4) is 28.4 Å². The Morgan fingerprint density at radius 1 is 0.690 bits per heavy atom. The van der Waals surface area contributed by atoms with E-state index in [0.29, 0.717) is 50.6 Å². The molecular formula is C56H75N4O10Y-. The first-order chi connectivity index (χ1) is 33.0. The summed E-state index contributed by atoms with van der Waals surface area (Å²) in [6.45, 7) is 28.3. The molecule has 4 aromatic carbocycles. The summed E-state index contributed by atoms with van der Waals surface area (Å²) in [5.41, 5.74) is 12.3. The molecule has 4 aromatic rings. The molecule has 4 aliphatic heterocycles. The van der Waals surface area contributed by atoms with Gasteiger partial charge in [-0.3, -0.25) is 9.80 Å². The van der Waals surface area contributed by atoms with Crippen molar-refractivity contribution in [2.75, 3.05) is 60.6 Å². The fraction of sp³-hybridized carbons (Fsp3) is 0.446. The number of benzene rings is 4. The molecule has 4 unspecified atom stereocenters. The Morgan fingerprint density at radius 2 is 1.11 bits per heavy atom. The van der Waals surface area contributed by atoms with Crippen LogP contribution in [0.3, 0.4) is 0 Å². The van der Waals surface area contributed by atoms with E-state index in [-0.39, 0.29) is 95.8 Å². The summed E-state index contributed by atoms with van der Waals surface area (Å²) in [4.78, 5) is 31.4. The van der Waals surface area contributed by atoms with E-state index in [4.69, 9.17) is 28.4 Å². The molecule has 4 aliphatic rings. The SMILES string of the molecule is C=CCc1cc(C(C)(C)c2ccc(O)c(CC=C)c2)ccc1O.CCN1C(=O)N(CC)C2C1N(COC)C(=O)N2COC.Cc1cc(-c2cc(C)c(OCC3CO3)c(C)c2)cc(C)c1COC1CO1.[CH3-].[Y]. The maximum Gasteiger partial charge on any atom is 0.327 e. The van der Waals surface area contributed by atoms with E-state index in [0.717, 1.165) is 52.3 Å². The molecule has 0 spiro atoms. The molecule has 0 aromatic heterocycles. The fourth-order valence-electron chi connectivity index (χ4n) is 9.09. The van der Waals surface area contributed by atoms with Crippen molar-refractivity contribution in [2.45, 2.75) is 105 Å². The van der Waals surface area contributed by atoms with Crippen LogP contribution in [0.2, 0.25) is 0 Å². The number of carbonyl (C=O) groups excluding carboxylic acids is 2. The standard InChI is InChI=1S/C22H26O4.C21H24O2.C12H22N4O4.CH3.Y/c1-13-5-17(6-14(2)20(13)11-24-21-12-25-21)18-7-15(3)22(16(4)8-18)26-10-19-9-23-19;1-5-7-15-13-17(9-11-19(15)22)21(3,4)18-10-12-20(23)16(14-18)8-6-2;1-5-13-9-10(14(6-2)11(13)17)16(8-20-4)12(18)15(9)7-19-3;;/h5-8,19,21H,9-12H2,1-4H3;5-6,9-14,22-23H,1-2,7-8H2,3-4H3;9-10H,5-8H2,1-4H3;1H3;/q;;;-1;. The van der Waals surface area contributed by atoms with Gasteiger partial charge in [-0.15, -0.1) is 13.2 Å². The van der Waals surface area contributed by atoms with Gasteiger partial charge in [0.15, 0.2) is 18.6 Å². The van der Waals surface area contributed by atoms with Gasteiger partial charge in [0, 0.05) is 65.4 Å². The van der Waals surface area contributed by atoms with Crippen molar-refractivity contribution < 1.29 is 80.9 Å². The maximum absolute atomic E-state index is 12.5. The third kappa shape index (κ3) is 13.8. The van der Waals surface area contributed by atoms with Gasteiger partial charge in [0.25, 0.3) is 0 Å². The molecule has 4 fully saturated rings. The Balaban J connectivity index is 0.000000230. The third-order valence-corrected chi connectivity index (χ3v) is 13.1. The van der Waals surface area contributed by atoms with Crippen molar-refractivity contribution in [3.63, 3.8) is 0 Å². The first-order valence-electron chi connectivity index (χ1n) is 23.7. The third-order valence-electron chi connectivity index (χ3n) is 13.1. The Morgan fingerprint density at radius 3 is 1.49 bits per heavy atom. The molecule has 0 aliphatic carbocycles. The average Bonchev–Trinajstić information content (AvgIpc) is 4.26. The summed E-state index contributed by atoms with van der Waals surface area (Å²) in [6.07, 6.45) is 4.45. The summed E-state index contributed by atoms with van der Waals surface area (Å²) >= 11 is 0. The van der Waals surface area contributed by atoms with Gasteiger partial charge in [-0.2, -0.15) is 0 Å². The van der Waals surface area contributed by atoms with Gasteiger partial charge >= 0.3 is 12.1 Å². The molecule has 0 bridgehead atoms. The monoisotopic (exact) mass is 1050 g/mol. The van der Waals surface area contributed by atoms with Gasteiger partial charge < -0.3 is 55.9 Å². The molecule has 8 rings (SSSR count). The van der Waals surface area contributed by atoms with Crippen LogP contribution < -0.4 is 4.74 Å². The number of hydrogen-bond acceptors (Lipinski definition) is 10. The molecule has 383 valence electrons. The zero-order valence-electron chi connectivity index (χ0n) is 43.7. The second-order valence-electron chi connectivity index (χ2n) is 18.4. The molecule has 14 nitrogen and oxygen atoms in total. The van der Waals surface area contributed by atoms with Gasteiger partial charge in [-0.1, -0.05) is 62.4 Å². The molecular weight excluding hydrogens is 978 g/mol. The molecule has 71 heavy (non-hydrogen) atoms. The number of allylic oxidation sites excluding steroid dienone is 2. The molecule has 2 N–H and O–H groups in total. The Bertz CT molecular complexity index is 2260. The van der Waals surface area contributed by atoms with Crippen LogP contribution in [-0.2, 0) is 81.3 Å². The number of likely N-dealkylation sites (N-methyl/N-ethyl adjacent to an activating group) is 2. The van der Waals surface area contributed by atoms with Crippen molar-refractivity contribution in [1.29, 1.82) is 0 Å². The summed E-state index contributed by atoms with van der Waals surface area (Å²) in [5, 5.41) is 19.9. The van der Waals surface area contributed by atoms with E-state index in [1.54, 1.807) is 43.9 Å². The van der Waals surface area contributed by atoms with Crippen molar-refractivity contribution in [3.05, 3.63) is 143 Å². The van der Waals surface area contributed by atoms with Crippen LogP contribution in [0.25, 0.3) is 11.1 Å². The molecule has 4 atom stereocenters. The maximum atomic E-state index is 12.5. The number of nitrogens with zero attached hydrogens (tertiary/aromatic N) is 4. The van der Waals surface area contributed by atoms with Gasteiger partial charge in [-0.25, -0.2) is 9.59 Å². The molecule has 0 saturated carbocycles. The van der Waals surface area contributed by atoms with Gasteiger partial charge in [-0.05, 0) is 140 Å². The number of phenols is 2. The minimum Gasteiger partial charge on any atom is -0.508 e. The van der Waals surface area contributed by atoms with Crippen molar-refractivity contribution >= 4 is 12.1 Å². The summed E-state index contributed by atoms with van der Waals surface area (Å²) in [7, 11) is 3.07. The second kappa shape index (κ2) is 26.2. The summed E-state index contributed by atoms with van der Waals surface area (Å²) in [6, 6.07) is 20.1. The van der Waals surface area contributed by atoms with Gasteiger partial charge in [0.2, 0.25) is 0 Å². The smallest absolute Gasteiger partial charge is 0.327 e. The average molecular weight is 1050 g/mol. The second-order valence-corrected chi connectivity index (χ2v) is 18.4. The Labute approximate surface area is 447 Å². The van der Waals surface area contributed by atoms with Gasteiger partial charge in [0.1, 0.15) is 50.0 Å². The van der Waals surface area contributed by atoms with E-state index in [1.165, 1.54) is 42.0 Å². The van der Waals surface area contributed by atoms with Crippen molar-refractivity contribution in [1.82, 2.24) is 19.6 Å². The number of fused-ring (bicyclic) bond motifs is 1. The van der Waals surface area contributed by atoms with E-state index < -0.39 is 0 Å². The molecule has 4 amide bonds. The van der Waals surface area contributed by atoms with Crippen LogP contribution in [0, 0.1) is 35.1 Å². The predicted molar refractivity (Wildman–Crippen MR) is 274 cm³/mol. The molecule has 4 heterocycles. The number of amides is 4. The number of methoxy groups -OCH3 is 2. The topological polar surface area (TPSA) is 150 Å². The van der Waals surface area contributed by atoms with Crippen LogP contribution in [0.15, 0.2) is 86.0 Å². The minimum atomic E-state index is -0.324. The fourth-order valence-corrected chi connectivity index (χ4v) is 9.09. The zero-order chi connectivity index (χ0) is 50.2. The van der Waals surface area contributed by atoms with E-state index in [1.807, 2.05) is 38.1 Å². The number of aromatic hydroxyl groups is 2. The number of aryl methyl sites for hydroxylation is 4. The number of ether oxygens (including phenoxy) is 6. The summed E-state index contributed by atoms with van der Waals surface area (Å²) in [5.74, 6) is 1.57. The van der Waals surface area contributed by atoms with Gasteiger partial charge in [0.05, 0.1) is 13.2 Å². The van der Waals surface area contributed by atoms with E-state index >= 15 is 0 Å². The quantitative estimate of drug-likeness (QED) is 0.0528. The van der Waals surface area contributed by atoms with Crippen LogP contribution >= 0.6 is 0 Å². The molecule has 15 heteroatoms. The number of carbonyl (C=O) groups is 2. The zero-order valence-corrected chi connectivity index (χ0v) is 46.6.